The maximum atomic E-state index is 15.5. The minimum absolute atomic E-state index is 0.0348. The first-order chi connectivity index (χ1) is 18.4. The topological polar surface area (TPSA) is 85.9 Å². The summed E-state index contributed by atoms with van der Waals surface area (Å²) in [5.41, 5.74) is 1.54. The van der Waals surface area contributed by atoms with Crippen molar-refractivity contribution in [1.82, 2.24) is 20.9 Å². The molecule has 38 heavy (non-hydrogen) atoms. The summed E-state index contributed by atoms with van der Waals surface area (Å²) in [5.74, 6) is -0.0619. The van der Waals surface area contributed by atoms with Gasteiger partial charge in [0.05, 0.1) is 22.0 Å². The Hall–Kier alpha value is -3.08. The summed E-state index contributed by atoms with van der Waals surface area (Å²) in [5, 5.41) is 9.68. The number of benzene rings is 2. The van der Waals surface area contributed by atoms with E-state index in [0.29, 0.717) is 40.6 Å². The molecule has 3 fully saturated rings. The molecule has 2 aromatic rings. The van der Waals surface area contributed by atoms with Crippen molar-refractivity contribution < 1.29 is 18.7 Å². The van der Waals surface area contributed by atoms with E-state index in [2.05, 4.69) is 27.9 Å². The van der Waals surface area contributed by atoms with Gasteiger partial charge in [-0.15, -0.1) is 0 Å². The standard InChI is InChI=1S/C28H32FN5O3S/c1-16-19(10-11-21(23(16)29)37-18-8-4-3-5-9-18)34-20-12-13-30-27-22(20)24(32-28(34)36)25(38-27)26(35)31-17-7-6-14-33(2)15-17/h3-5,8-11,17,20,22,27,30H,6-7,12-15H2,1-2H3,(H,31,35)(H,32,36)/t17-,20?,22?,27?/m1/s1. The van der Waals surface area contributed by atoms with Crippen LogP contribution in [0.3, 0.4) is 0 Å². The van der Waals surface area contributed by atoms with E-state index in [9.17, 15) is 9.59 Å². The molecule has 10 heteroatoms. The van der Waals surface area contributed by atoms with Gasteiger partial charge >= 0.3 is 6.03 Å². The van der Waals surface area contributed by atoms with E-state index in [0.717, 1.165) is 25.9 Å². The van der Waals surface area contributed by atoms with Crippen molar-refractivity contribution in [2.24, 2.45) is 5.92 Å². The van der Waals surface area contributed by atoms with E-state index in [-0.39, 0.29) is 41.1 Å². The molecule has 0 saturated carbocycles. The van der Waals surface area contributed by atoms with Gasteiger partial charge in [0.2, 0.25) is 0 Å². The van der Waals surface area contributed by atoms with Gasteiger partial charge in [-0.3, -0.25) is 9.69 Å². The van der Waals surface area contributed by atoms with Crippen LogP contribution in [0.5, 0.6) is 11.5 Å². The second-order valence-corrected chi connectivity index (χ2v) is 11.6. The largest absolute Gasteiger partial charge is 0.454 e. The van der Waals surface area contributed by atoms with Gasteiger partial charge in [-0.1, -0.05) is 30.0 Å². The summed E-state index contributed by atoms with van der Waals surface area (Å²) >= 11 is 1.49. The fraction of sp³-hybridized carbons (Fsp3) is 0.429. The van der Waals surface area contributed by atoms with Gasteiger partial charge in [0.1, 0.15) is 5.75 Å². The highest BCUT2D eigenvalue weighted by Crippen LogP contribution is 2.48. The maximum absolute atomic E-state index is 15.5. The normalized spacial score (nSPS) is 27.1. The van der Waals surface area contributed by atoms with Gasteiger partial charge in [-0.25, -0.2) is 9.18 Å². The number of para-hydroxylation sites is 1. The van der Waals surface area contributed by atoms with E-state index in [4.69, 9.17) is 4.74 Å². The van der Waals surface area contributed by atoms with Crippen molar-refractivity contribution in [2.75, 3.05) is 31.6 Å². The van der Waals surface area contributed by atoms with Gasteiger partial charge in [-0.05, 0) is 70.6 Å². The molecule has 2 aromatic carbocycles. The lowest BCUT2D eigenvalue weighted by Gasteiger charge is -2.46. The molecule has 3 amide bonds. The predicted molar refractivity (Wildman–Crippen MR) is 146 cm³/mol. The maximum Gasteiger partial charge on any atom is 0.326 e. The molecule has 0 aliphatic carbocycles. The molecule has 8 nitrogen and oxygen atoms in total. The number of hydrogen-bond acceptors (Lipinski definition) is 6. The van der Waals surface area contributed by atoms with E-state index >= 15 is 4.39 Å². The third-order valence-corrected chi connectivity index (χ3v) is 9.21. The number of anilines is 1. The number of ether oxygens (including phenoxy) is 1. The van der Waals surface area contributed by atoms with Crippen molar-refractivity contribution in [1.29, 1.82) is 0 Å². The number of amides is 3. The zero-order chi connectivity index (χ0) is 26.4. The first kappa shape index (κ1) is 25.2. The number of carbonyl (C=O) groups is 2. The number of rotatable bonds is 5. The van der Waals surface area contributed by atoms with Crippen LogP contribution in [0, 0.1) is 18.7 Å². The molecular weight excluding hydrogens is 505 g/mol. The van der Waals surface area contributed by atoms with Crippen LogP contribution in [0.2, 0.25) is 0 Å². The molecule has 3 unspecified atom stereocenters. The van der Waals surface area contributed by atoms with Crippen molar-refractivity contribution in [2.45, 2.75) is 43.6 Å². The molecule has 3 N–H and O–H groups in total. The molecule has 0 radical (unpaired) electrons. The Balaban J connectivity index is 1.27. The monoisotopic (exact) mass is 537 g/mol. The van der Waals surface area contributed by atoms with Gasteiger partial charge in [-0.2, -0.15) is 0 Å². The zero-order valence-corrected chi connectivity index (χ0v) is 22.3. The SMILES string of the molecule is Cc1c(N2C(=O)NC3=C(C(=O)N[C@@H]4CCCN(C)C4)SC4NCCC2C34)ccc(Oc2ccccc2)c1F. The highest BCUT2D eigenvalue weighted by atomic mass is 32.2. The molecule has 4 atom stereocenters. The fourth-order valence-electron chi connectivity index (χ4n) is 6.04. The number of thioether (sulfide) groups is 1. The Morgan fingerprint density at radius 1 is 1.18 bits per heavy atom. The van der Waals surface area contributed by atoms with Crippen LogP contribution in [0.1, 0.15) is 24.8 Å². The van der Waals surface area contributed by atoms with Crippen molar-refractivity contribution in [3.8, 4) is 11.5 Å². The molecular formula is C28H32FN5O3S. The smallest absolute Gasteiger partial charge is 0.326 e. The van der Waals surface area contributed by atoms with Crippen molar-refractivity contribution in [3.05, 3.63) is 64.4 Å². The minimum Gasteiger partial charge on any atom is -0.454 e. The van der Waals surface area contributed by atoms with Crippen molar-refractivity contribution >= 4 is 29.4 Å². The quantitative estimate of drug-likeness (QED) is 0.536. The van der Waals surface area contributed by atoms with Crippen molar-refractivity contribution in [3.63, 3.8) is 0 Å². The van der Waals surface area contributed by atoms with Crippen LogP contribution in [0.25, 0.3) is 0 Å². The Bertz CT molecular complexity index is 1290. The molecule has 3 saturated heterocycles. The summed E-state index contributed by atoms with van der Waals surface area (Å²) in [7, 11) is 2.06. The van der Waals surface area contributed by atoms with Gasteiger partial charge in [0.15, 0.2) is 11.6 Å². The van der Waals surface area contributed by atoms with Crippen LogP contribution < -0.4 is 25.6 Å². The lowest BCUT2D eigenvalue weighted by molar-refractivity contribution is -0.117. The fourth-order valence-corrected chi connectivity index (χ4v) is 7.44. The molecule has 6 rings (SSSR count). The van der Waals surface area contributed by atoms with E-state index < -0.39 is 5.82 Å². The summed E-state index contributed by atoms with van der Waals surface area (Å²) < 4.78 is 21.2. The lowest BCUT2D eigenvalue weighted by Crippen LogP contribution is -2.62. The highest BCUT2D eigenvalue weighted by molar-refractivity contribution is 8.04. The Kier molecular flexibility index (Phi) is 6.79. The van der Waals surface area contributed by atoms with Crippen LogP contribution >= 0.6 is 11.8 Å². The number of halogens is 1. The Morgan fingerprint density at radius 3 is 2.79 bits per heavy atom. The van der Waals surface area contributed by atoms with Gasteiger partial charge in [0, 0.05) is 29.8 Å². The summed E-state index contributed by atoms with van der Waals surface area (Å²) in [6.45, 7) is 4.23. The number of likely N-dealkylation sites (N-methyl/N-ethyl adjacent to an activating group) is 1. The lowest BCUT2D eigenvalue weighted by atomic mass is 9.86. The molecule has 4 aliphatic heterocycles. The van der Waals surface area contributed by atoms with Gasteiger partial charge < -0.3 is 25.6 Å². The van der Waals surface area contributed by atoms with Crippen LogP contribution in [0.4, 0.5) is 14.9 Å². The van der Waals surface area contributed by atoms with Crippen LogP contribution in [-0.2, 0) is 4.79 Å². The number of piperidine rings is 2. The predicted octanol–water partition coefficient (Wildman–Crippen LogP) is 3.93. The van der Waals surface area contributed by atoms with E-state index in [1.54, 1.807) is 36.1 Å². The summed E-state index contributed by atoms with van der Waals surface area (Å²) in [6.07, 6.45) is 2.70. The number of hydrogen-bond donors (Lipinski definition) is 3. The molecule has 200 valence electrons. The molecule has 0 spiro atoms. The highest BCUT2D eigenvalue weighted by Gasteiger charge is 2.52. The number of likely N-dealkylation sites (tertiary alicyclic amines) is 1. The average molecular weight is 538 g/mol. The summed E-state index contributed by atoms with van der Waals surface area (Å²) in [6, 6.07) is 11.9. The molecule has 4 heterocycles. The number of urea groups is 1. The Morgan fingerprint density at radius 2 is 2.00 bits per heavy atom. The molecule has 0 aromatic heterocycles. The second-order valence-electron chi connectivity index (χ2n) is 10.4. The van der Waals surface area contributed by atoms with Gasteiger partial charge in [0.25, 0.3) is 5.91 Å². The average Bonchev–Trinajstić information content (AvgIpc) is 3.28. The second kappa shape index (κ2) is 10.2. The Labute approximate surface area is 226 Å². The third-order valence-electron chi connectivity index (χ3n) is 7.86. The number of carbonyl (C=O) groups excluding carboxylic acids is 2. The number of nitrogens with one attached hydrogen (secondary N) is 3. The first-order valence-electron chi connectivity index (χ1n) is 13.2. The van der Waals surface area contributed by atoms with E-state index in [1.807, 2.05) is 18.2 Å². The van der Waals surface area contributed by atoms with Crippen LogP contribution in [0.15, 0.2) is 53.1 Å². The minimum atomic E-state index is -0.496. The molecule has 0 bridgehead atoms. The molecule has 4 aliphatic rings. The van der Waals surface area contributed by atoms with Crippen LogP contribution in [-0.4, -0.2) is 61.0 Å². The summed E-state index contributed by atoms with van der Waals surface area (Å²) in [4.78, 5) is 31.4. The third kappa shape index (κ3) is 4.54. The zero-order valence-electron chi connectivity index (χ0n) is 21.5. The first-order valence-corrected chi connectivity index (χ1v) is 14.0. The van der Waals surface area contributed by atoms with E-state index in [1.165, 1.54) is 11.8 Å². The number of nitrogens with zero attached hydrogens (tertiary/aromatic N) is 2.